The minimum Gasteiger partial charge on any atom is -0.330 e. The van der Waals surface area contributed by atoms with E-state index in [0.29, 0.717) is 0 Å². The Morgan fingerprint density at radius 2 is 2.33 bits per heavy atom. The van der Waals surface area contributed by atoms with Gasteiger partial charge in [0.15, 0.2) is 0 Å². The summed E-state index contributed by atoms with van der Waals surface area (Å²) in [5.41, 5.74) is -0.232. The molecule has 0 aliphatic rings. The van der Waals surface area contributed by atoms with Crippen LogP contribution in [-0.4, -0.2) is 9.55 Å². The fourth-order valence-electron chi connectivity index (χ4n) is 1.87. The van der Waals surface area contributed by atoms with E-state index < -0.39 is 0 Å². The minimum atomic E-state index is -0.232. The third-order valence-electron chi connectivity index (χ3n) is 2.96. The summed E-state index contributed by atoms with van der Waals surface area (Å²) in [7, 11) is 0. The molecule has 4 heteroatoms. The largest absolute Gasteiger partial charge is 0.330 e. The molecule has 0 fully saturated rings. The van der Waals surface area contributed by atoms with Gasteiger partial charge in [0.25, 0.3) is 0 Å². The van der Waals surface area contributed by atoms with Crippen molar-refractivity contribution in [1.82, 2.24) is 9.55 Å². The lowest BCUT2D eigenvalue weighted by Gasteiger charge is -2.15. The quantitative estimate of drug-likeness (QED) is 0.816. The molecule has 18 heavy (non-hydrogen) atoms. The van der Waals surface area contributed by atoms with Gasteiger partial charge in [0.2, 0.25) is 0 Å². The van der Waals surface area contributed by atoms with Gasteiger partial charge in [-0.1, -0.05) is 6.07 Å². The average Bonchev–Trinajstić information content (AvgIpc) is 2.98. The van der Waals surface area contributed by atoms with Crippen LogP contribution in [0.1, 0.15) is 26.7 Å². The van der Waals surface area contributed by atoms with Crippen molar-refractivity contribution >= 4 is 11.3 Å². The first-order valence-electron chi connectivity index (χ1n) is 6.09. The summed E-state index contributed by atoms with van der Waals surface area (Å²) in [6.07, 6.45) is 5.75. The van der Waals surface area contributed by atoms with Gasteiger partial charge < -0.3 is 4.57 Å². The topological polar surface area (TPSA) is 41.6 Å². The van der Waals surface area contributed by atoms with Gasteiger partial charge in [0, 0.05) is 18.9 Å². The summed E-state index contributed by atoms with van der Waals surface area (Å²) < 4.78 is 2.17. The summed E-state index contributed by atoms with van der Waals surface area (Å²) >= 11 is 1.70. The van der Waals surface area contributed by atoms with E-state index in [9.17, 15) is 0 Å². The van der Waals surface area contributed by atoms with E-state index in [1.807, 2.05) is 32.3 Å². The molecule has 0 aliphatic carbocycles. The number of hydrogen-bond donors (Lipinski definition) is 0. The van der Waals surface area contributed by atoms with Crippen LogP contribution < -0.4 is 0 Å². The zero-order valence-electron chi connectivity index (χ0n) is 10.8. The molecule has 2 aromatic rings. The van der Waals surface area contributed by atoms with Crippen LogP contribution in [0.15, 0.2) is 29.9 Å². The highest BCUT2D eigenvalue weighted by Gasteiger charge is 2.16. The second-order valence-electron chi connectivity index (χ2n) is 5.02. The molecule has 3 nitrogen and oxygen atoms in total. The van der Waals surface area contributed by atoms with Gasteiger partial charge in [-0.05, 0) is 38.1 Å². The third kappa shape index (κ3) is 2.99. The van der Waals surface area contributed by atoms with E-state index in [-0.39, 0.29) is 5.41 Å². The highest BCUT2D eigenvalue weighted by atomic mass is 32.1. The number of hydrogen-bond acceptors (Lipinski definition) is 3. The molecule has 94 valence electrons. The number of nitriles is 1. The Labute approximate surface area is 112 Å². The fourth-order valence-corrected chi connectivity index (χ4v) is 2.60. The first kappa shape index (κ1) is 12.8. The van der Waals surface area contributed by atoms with Crippen LogP contribution in [0.4, 0.5) is 0 Å². The molecule has 0 amide bonds. The molecule has 2 aromatic heterocycles. The predicted octanol–water partition coefficient (Wildman–Crippen LogP) is 3.94. The maximum atomic E-state index is 8.99. The molecule has 2 rings (SSSR count). The second-order valence-corrected chi connectivity index (χ2v) is 5.97. The van der Waals surface area contributed by atoms with Crippen molar-refractivity contribution in [2.45, 2.75) is 33.2 Å². The number of nitrogens with zero attached hydrogens (tertiary/aromatic N) is 3. The van der Waals surface area contributed by atoms with E-state index in [1.165, 1.54) is 4.88 Å². The Kier molecular flexibility index (Phi) is 3.83. The van der Waals surface area contributed by atoms with Crippen LogP contribution in [0, 0.1) is 16.7 Å². The molecule has 0 aromatic carbocycles. The molecule has 0 spiro atoms. The summed E-state index contributed by atoms with van der Waals surface area (Å²) in [5, 5.41) is 11.1. The first-order chi connectivity index (χ1) is 8.62. The maximum absolute atomic E-state index is 8.99. The van der Waals surface area contributed by atoms with Crippen LogP contribution in [-0.2, 0) is 6.54 Å². The molecular formula is C14H17N3S. The molecule has 0 unspecified atom stereocenters. The van der Waals surface area contributed by atoms with Gasteiger partial charge in [-0.3, -0.25) is 0 Å². The summed E-state index contributed by atoms with van der Waals surface area (Å²) in [4.78, 5) is 5.60. The van der Waals surface area contributed by atoms with Crippen molar-refractivity contribution in [1.29, 1.82) is 5.26 Å². The van der Waals surface area contributed by atoms with Crippen LogP contribution in [0.3, 0.4) is 0 Å². The lowest BCUT2D eigenvalue weighted by atomic mass is 9.90. The molecule has 0 atom stereocenters. The predicted molar refractivity (Wildman–Crippen MR) is 74.2 cm³/mol. The van der Waals surface area contributed by atoms with Gasteiger partial charge in [0.05, 0.1) is 16.4 Å². The first-order valence-corrected chi connectivity index (χ1v) is 6.97. The molecular weight excluding hydrogens is 242 g/mol. The monoisotopic (exact) mass is 259 g/mol. The number of aromatic nitrogens is 2. The van der Waals surface area contributed by atoms with Crippen LogP contribution in [0.25, 0.3) is 10.7 Å². The number of imidazole rings is 1. The smallest absolute Gasteiger partial charge is 0.149 e. The van der Waals surface area contributed by atoms with Gasteiger partial charge in [0.1, 0.15) is 5.82 Å². The Balaban J connectivity index is 2.00. The fraction of sp³-hybridized carbons (Fsp3) is 0.429. The lowest BCUT2D eigenvalue weighted by molar-refractivity contribution is 0.416. The van der Waals surface area contributed by atoms with Gasteiger partial charge in [-0.15, -0.1) is 11.3 Å². The van der Waals surface area contributed by atoms with Crippen molar-refractivity contribution in [2.24, 2.45) is 5.41 Å². The van der Waals surface area contributed by atoms with Crippen LogP contribution >= 0.6 is 11.3 Å². The Morgan fingerprint density at radius 1 is 1.50 bits per heavy atom. The molecule has 0 saturated carbocycles. The summed E-state index contributed by atoms with van der Waals surface area (Å²) in [6, 6.07) is 6.47. The second kappa shape index (κ2) is 5.36. The van der Waals surface area contributed by atoms with E-state index in [0.717, 1.165) is 25.2 Å². The third-order valence-corrected chi connectivity index (χ3v) is 3.83. The molecule has 0 bridgehead atoms. The molecule has 0 radical (unpaired) electrons. The highest BCUT2D eigenvalue weighted by Crippen LogP contribution is 2.25. The number of thiophene rings is 1. The van der Waals surface area contributed by atoms with Crippen molar-refractivity contribution in [3.63, 3.8) is 0 Å². The molecule has 0 N–H and O–H groups in total. The van der Waals surface area contributed by atoms with E-state index in [1.54, 1.807) is 11.3 Å². The van der Waals surface area contributed by atoms with E-state index in [4.69, 9.17) is 5.26 Å². The SMILES string of the molecule is CC(C)(C#N)CCCn1ccnc1-c1cccs1. The van der Waals surface area contributed by atoms with Crippen molar-refractivity contribution in [3.05, 3.63) is 29.9 Å². The lowest BCUT2D eigenvalue weighted by Crippen LogP contribution is -2.09. The van der Waals surface area contributed by atoms with Crippen molar-refractivity contribution in [3.8, 4) is 16.8 Å². The Bertz CT molecular complexity index is 532. The van der Waals surface area contributed by atoms with Gasteiger partial charge in [-0.2, -0.15) is 5.26 Å². The summed E-state index contributed by atoms with van der Waals surface area (Å²) in [6.45, 7) is 4.89. The standard InChI is InChI=1S/C14H17N3S/c1-14(2,11-15)6-4-8-17-9-7-16-13(17)12-5-3-10-18-12/h3,5,7,9-10H,4,6,8H2,1-2H3. The minimum absolute atomic E-state index is 0.232. The molecule has 0 saturated heterocycles. The normalized spacial score (nSPS) is 11.4. The molecule has 0 aliphatic heterocycles. The Morgan fingerprint density at radius 3 is 3.00 bits per heavy atom. The van der Waals surface area contributed by atoms with E-state index in [2.05, 4.69) is 27.1 Å². The van der Waals surface area contributed by atoms with Crippen LogP contribution in [0.2, 0.25) is 0 Å². The maximum Gasteiger partial charge on any atom is 0.149 e. The van der Waals surface area contributed by atoms with E-state index >= 15 is 0 Å². The average molecular weight is 259 g/mol. The summed E-state index contributed by atoms with van der Waals surface area (Å²) in [5.74, 6) is 1.03. The Hall–Kier alpha value is -1.60. The van der Waals surface area contributed by atoms with Crippen molar-refractivity contribution < 1.29 is 0 Å². The molecule has 2 heterocycles. The zero-order chi connectivity index (χ0) is 13.0. The van der Waals surface area contributed by atoms with Crippen molar-refractivity contribution in [2.75, 3.05) is 0 Å². The van der Waals surface area contributed by atoms with Crippen LogP contribution in [0.5, 0.6) is 0 Å². The number of aryl methyl sites for hydroxylation is 1. The number of rotatable bonds is 5. The zero-order valence-corrected chi connectivity index (χ0v) is 11.6. The highest BCUT2D eigenvalue weighted by molar-refractivity contribution is 7.13. The van der Waals surface area contributed by atoms with Gasteiger partial charge >= 0.3 is 0 Å². The van der Waals surface area contributed by atoms with Gasteiger partial charge in [-0.25, -0.2) is 4.98 Å².